The summed E-state index contributed by atoms with van der Waals surface area (Å²) in [4.78, 5) is 8.81. The average Bonchev–Trinajstić information content (AvgIpc) is 2.34. The lowest BCUT2D eigenvalue weighted by molar-refractivity contribution is 0.210. The molecular weight excluding hydrogens is 136 g/mol. The van der Waals surface area contributed by atoms with Gasteiger partial charge in [0.05, 0.1) is 6.61 Å². The first-order valence-electron chi connectivity index (χ1n) is 2.70. The molecule has 9 heavy (non-hydrogen) atoms. The van der Waals surface area contributed by atoms with Gasteiger partial charge in [0.1, 0.15) is 0 Å². The lowest BCUT2D eigenvalue weighted by atomic mass is 10.9. The van der Waals surface area contributed by atoms with Crippen LogP contribution in [0.1, 0.15) is 6.92 Å². The predicted molar refractivity (Wildman–Crippen MR) is 37.4 cm³/mol. The van der Waals surface area contributed by atoms with Crippen LogP contribution in [0.3, 0.4) is 0 Å². The van der Waals surface area contributed by atoms with E-state index in [0.717, 1.165) is 5.13 Å². The van der Waals surface area contributed by atoms with E-state index in [4.69, 9.17) is 4.84 Å². The number of nitrogens with zero attached hydrogens (tertiary/aromatic N) is 1. The Kier molecular flexibility index (Phi) is 2.48. The van der Waals surface area contributed by atoms with Crippen molar-refractivity contribution in [1.29, 1.82) is 0 Å². The quantitative estimate of drug-likeness (QED) is 0.653. The van der Waals surface area contributed by atoms with Gasteiger partial charge in [0.25, 0.3) is 0 Å². The Hall–Kier alpha value is -0.610. The van der Waals surface area contributed by atoms with Crippen molar-refractivity contribution in [2.45, 2.75) is 6.92 Å². The molecule has 1 aromatic heterocycles. The van der Waals surface area contributed by atoms with E-state index in [2.05, 4.69) is 10.5 Å². The number of aromatic nitrogens is 1. The van der Waals surface area contributed by atoms with E-state index in [9.17, 15) is 0 Å². The second-order valence-electron chi connectivity index (χ2n) is 1.37. The minimum absolute atomic E-state index is 0.652. The lowest BCUT2D eigenvalue weighted by Crippen LogP contribution is -1.98. The predicted octanol–water partition coefficient (Wildman–Crippen LogP) is 1.51. The Morgan fingerprint density at radius 2 is 2.78 bits per heavy atom. The molecule has 0 bridgehead atoms. The highest BCUT2D eigenvalue weighted by Crippen LogP contribution is 2.09. The van der Waals surface area contributed by atoms with E-state index in [1.54, 1.807) is 6.20 Å². The van der Waals surface area contributed by atoms with E-state index in [1.165, 1.54) is 11.3 Å². The molecule has 0 aliphatic rings. The van der Waals surface area contributed by atoms with Gasteiger partial charge in [-0.2, -0.15) is 0 Å². The van der Waals surface area contributed by atoms with Gasteiger partial charge in [-0.05, 0) is 6.92 Å². The molecule has 0 radical (unpaired) electrons. The maximum atomic E-state index is 4.88. The lowest BCUT2D eigenvalue weighted by Gasteiger charge is -1.97. The largest absolute Gasteiger partial charge is 0.274 e. The molecule has 0 saturated carbocycles. The third-order valence-electron chi connectivity index (χ3n) is 0.736. The fourth-order valence-corrected chi connectivity index (χ4v) is 0.887. The molecule has 1 aromatic rings. The molecule has 1 heterocycles. The monoisotopic (exact) mass is 144 g/mol. The van der Waals surface area contributed by atoms with Crippen LogP contribution in [-0.2, 0) is 4.84 Å². The summed E-state index contributed by atoms with van der Waals surface area (Å²) in [5, 5.41) is 2.69. The van der Waals surface area contributed by atoms with Gasteiger partial charge in [-0.15, -0.1) is 11.3 Å². The van der Waals surface area contributed by atoms with Gasteiger partial charge in [-0.25, -0.2) is 10.5 Å². The van der Waals surface area contributed by atoms with Crippen LogP contribution < -0.4 is 5.48 Å². The summed E-state index contributed by atoms with van der Waals surface area (Å²) in [6.07, 6.45) is 1.73. The van der Waals surface area contributed by atoms with Gasteiger partial charge < -0.3 is 0 Å². The van der Waals surface area contributed by atoms with Gasteiger partial charge >= 0.3 is 0 Å². The molecule has 0 aromatic carbocycles. The summed E-state index contributed by atoms with van der Waals surface area (Å²) in [6, 6.07) is 0. The molecule has 50 valence electrons. The average molecular weight is 144 g/mol. The first-order chi connectivity index (χ1) is 4.43. The van der Waals surface area contributed by atoms with Crippen molar-refractivity contribution >= 4 is 16.5 Å². The summed E-state index contributed by atoms with van der Waals surface area (Å²) in [5.74, 6) is 0. The molecule has 4 heteroatoms. The topological polar surface area (TPSA) is 34.1 Å². The summed E-state index contributed by atoms with van der Waals surface area (Å²) in [7, 11) is 0. The van der Waals surface area contributed by atoms with Crippen molar-refractivity contribution in [3.05, 3.63) is 11.6 Å². The maximum absolute atomic E-state index is 4.88. The first kappa shape index (κ1) is 6.51. The van der Waals surface area contributed by atoms with Crippen LogP contribution in [0.5, 0.6) is 0 Å². The van der Waals surface area contributed by atoms with Crippen molar-refractivity contribution in [2.24, 2.45) is 0 Å². The Morgan fingerprint density at radius 3 is 3.33 bits per heavy atom. The van der Waals surface area contributed by atoms with Crippen molar-refractivity contribution in [3.63, 3.8) is 0 Å². The first-order valence-corrected chi connectivity index (χ1v) is 3.58. The summed E-state index contributed by atoms with van der Waals surface area (Å²) < 4.78 is 0. The van der Waals surface area contributed by atoms with E-state index in [-0.39, 0.29) is 0 Å². The summed E-state index contributed by atoms with van der Waals surface area (Å²) >= 11 is 1.52. The number of thiazole rings is 1. The Morgan fingerprint density at radius 1 is 1.89 bits per heavy atom. The van der Waals surface area contributed by atoms with Gasteiger partial charge in [0.15, 0.2) is 0 Å². The minimum atomic E-state index is 0.652. The van der Waals surface area contributed by atoms with E-state index in [0.29, 0.717) is 6.61 Å². The van der Waals surface area contributed by atoms with Crippen LogP contribution >= 0.6 is 11.3 Å². The van der Waals surface area contributed by atoms with Crippen molar-refractivity contribution in [1.82, 2.24) is 4.98 Å². The molecule has 0 fully saturated rings. The zero-order valence-electron chi connectivity index (χ0n) is 5.13. The number of rotatable bonds is 3. The maximum Gasteiger partial charge on any atom is 0.206 e. The molecule has 1 N–H and O–H groups in total. The molecule has 3 nitrogen and oxygen atoms in total. The highest BCUT2D eigenvalue weighted by atomic mass is 32.1. The Balaban J connectivity index is 2.30. The van der Waals surface area contributed by atoms with Gasteiger partial charge in [-0.3, -0.25) is 4.84 Å². The third-order valence-corrected chi connectivity index (χ3v) is 1.41. The highest BCUT2D eigenvalue weighted by molar-refractivity contribution is 7.13. The number of anilines is 1. The van der Waals surface area contributed by atoms with Crippen molar-refractivity contribution < 1.29 is 4.84 Å². The summed E-state index contributed by atoms with van der Waals surface area (Å²) in [5.41, 5.74) is 2.68. The van der Waals surface area contributed by atoms with Gasteiger partial charge in [-0.1, -0.05) is 0 Å². The van der Waals surface area contributed by atoms with E-state index >= 15 is 0 Å². The number of hydrogen-bond donors (Lipinski definition) is 1. The zero-order chi connectivity index (χ0) is 6.53. The standard InChI is InChI=1S/C5H8N2OS/c1-2-8-7-5-6-3-4-9-5/h3-4H,2H2,1H3,(H,6,7). The van der Waals surface area contributed by atoms with Gasteiger partial charge in [0.2, 0.25) is 5.13 Å². The van der Waals surface area contributed by atoms with Crippen molar-refractivity contribution in [2.75, 3.05) is 12.1 Å². The number of nitrogens with one attached hydrogen (secondary N) is 1. The number of hydrogen-bond acceptors (Lipinski definition) is 4. The fraction of sp³-hybridized carbons (Fsp3) is 0.400. The van der Waals surface area contributed by atoms with Crippen LogP contribution in [-0.4, -0.2) is 11.6 Å². The van der Waals surface area contributed by atoms with Crippen LogP contribution in [0.15, 0.2) is 11.6 Å². The molecule has 0 unspecified atom stereocenters. The Bertz CT molecular complexity index is 152. The highest BCUT2D eigenvalue weighted by Gasteiger charge is 1.88. The molecule has 0 atom stereocenters. The molecule has 0 aliphatic carbocycles. The molecule has 1 rings (SSSR count). The van der Waals surface area contributed by atoms with Crippen molar-refractivity contribution in [3.8, 4) is 0 Å². The fourth-order valence-electron chi connectivity index (χ4n) is 0.408. The molecule has 0 spiro atoms. The van der Waals surface area contributed by atoms with Crippen LogP contribution in [0.4, 0.5) is 5.13 Å². The van der Waals surface area contributed by atoms with Crippen LogP contribution in [0.2, 0.25) is 0 Å². The minimum Gasteiger partial charge on any atom is -0.274 e. The van der Waals surface area contributed by atoms with Crippen LogP contribution in [0.25, 0.3) is 0 Å². The SMILES string of the molecule is CCONc1nccs1. The normalized spacial score (nSPS) is 9.44. The molecule has 0 saturated heterocycles. The molecule has 0 amide bonds. The summed E-state index contributed by atoms with van der Waals surface area (Å²) in [6.45, 7) is 2.57. The second-order valence-corrected chi connectivity index (χ2v) is 2.27. The zero-order valence-corrected chi connectivity index (χ0v) is 5.94. The smallest absolute Gasteiger partial charge is 0.206 e. The molecular formula is C5H8N2OS. The second kappa shape index (κ2) is 3.42. The van der Waals surface area contributed by atoms with Crippen LogP contribution in [0, 0.1) is 0 Å². The van der Waals surface area contributed by atoms with Gasteiger partial charge in [0, 0.05) is 11.6 Å². The molecule has 0 aliphatic heterocycles. The van der Waals surface area contributed by atoms with E-state index in [1.807, 2.05) is 12.3 Å². The van der Waals surface area contributed by atoms with E-state index < -0.39 is 0 Å². The third kappa shape index (κ3) is 1.99. The Labute approximate surface area is 57.6 Å².